The third-order valence-electron chi connectivity index (χ3n) is 1.91. The average Bonchev–Trinajstić information content (AvgIpc) is 2.85. The van der Waals surface area contributed by atoms with E-state index in [0.29, 0.717) is 0 Å². The monoisotopic (exact) mass is 224 g/mol. The van der Waals surface area contributed by atoms with Crippen molar-refractivity contribution in [2.24, 2.45) is 0 Å². The molecule has 0 spiro atoms. The van der Waals surface area contributed by atoms with Gasteiger partial charge in [0.05, 0.1) is 4.88 Å². The highest BCUT2D eigenvalue weighted by Crippen LogP contribution is 2.28. The van der Waals surface area contributed by atoms with Crippen molar-refractivity contribution in [3.05, 3.63) is 28.6 Å². The summed E-state index contributed by atoms with van der Waals surface area (Å²) in [5.41, 5.74) is 0. The van der Waals surface area contributed by atoms with Gasteiger partial charge in [0.1, 0.15) is 5.01 Å². The highest BCUT2D eigenvalue weighted by molar-refractivity contribution is 7.20. The van der Waals surface area contributed by atoms with Gasteiger partial charge < -0.3 is 5.32 Å². The summed E-state index contributed by atoms with van der Waals surface area (Å²) in [7, 11) is 1.97. The molecule has 0 radical (unpaired) electrons. The van der Waals surface area contributed by atoms with E-state index in [4.69, 9.17) is 0 Å². The van der Waals surface area contributed by atoms with Crippen molar-refractivity contribution in [2.45, 2.75) is 6.42 Å². The lowest BCUT2D eigenvalue weighted by Crippen LogP contribution is -2.09. The first-order chi connectivity index (χ1) is 6.90. The van der Waals surface area contributed by atoms with Crippen LogP contribution in [0.2, 0.25) is 0 Å². The molecule has 0 aromatic carbocycles. The molecular formula is C10H12N2S2. The molecule has 0 saturated heterocycles. The van der Waals surface area contributed by atoms with Gasteiger partial charge in [-0.3, -0.25) is 0 Å². The zero-order valence-corrected chi connectivity index (χ0v) is 9.62. The summed E-state index contributed by atoms with van der Waals surface area (Å²) in [6.07, 6.45) is 3.05. The van der Waals surface area contributed by atoms with Crippen LogP contribution in [-0.4, -0.2) is 18.6 Å². The summed E-state index contributed by atoms with van der Waals surface area (Å²) in [6.45, 7) is 1.02. The van der Waals surface area contributed by atoms with Gasteiger partial charge in [-0.05, 0) is 31.5 Å². The van der Waals surface area contributed by atoms with E-state index in [1.807, 2.05) is 13.2 Å². The zero-order chi connectivity index (χ0) is 9.80. The predicted octanol–water partition coefficient (Wildman–Crippen LogP) is 2.63. The number of likely N-dealkylation sites (N-methyl/N-ethyl adjacent to an activating group) is 1. The van der Waals surface area contributed by atoms with Gasteiger partial charge in [-0.25, -0.2) is 4.98 Å². The minimum Gasteiger partial charge on any atom is -0.319 e. The Kier molecular flexibility index (Phi) is 3.29. The summed E-state index contributed by atoms with van der Waals surface area (Å²) >= 11 is 3.54. The molecule has 0 bridgehead atoms. The number of nitrogens with one attached hydrogen (secondary N) is 1. The summed E-state index contributed by atoms with van der Waals surface area (Å²) in [6, 6.07) is 4.18. The lowest BCUT2D eigenvalue weighted by Gasteiger charge is -1.93. The molecule has 2 nitrogen and oxygen atoms in total. The molecule has 0 atom stereocenters. The summed E-state index contributed by atoms with van der Waals surface area (Å²) in [5.74, 6) is 0. The van der Waals surface area contributed by atoms with E-state index in [1.165, 1.54) is 9.75 Å². The van der Waals surface area contributed by atoms with Crippen molar-refractivity contribution in [3.63, 3.8) is 0 Å². The lowest BCUT2D eigenvalue weighted by atomic mass is 10.4. The number of nitrogens with zero attached hydrogens (tertiary/aromatic N) is 1. The van der Waals surface area contributed by atoms with Gasteiger partial charge in [-0.1, -0.05) is 6.07 Å². The molecule has 0 aliphatic carbocycles. The van der Waals surface area contributed by atoms with Crippen LogP contribution in [0.1, 0.15) is 4.88 Å². The van der Waals surface area contributed by atoms with Crippen molar-refractivity contribution in [2.75, 3.05) is 13.6 Å². The minimum absolute atomic E-state index is 1.02. The molecule has 14 heavy (non-hydrogen) atoms. The quantitative estimate of drug-likeness (QED) is 0.863. The molecule has 1 N–H and O–H groups in total. The number of thiophene rings is 1. The Bertz CT molecular complexity index is 378. The normalized spacial score (nSPS) is 10.6. The third-order valence-corrected chi connectivity index (χ3v) is 4.00. The molecule has 0 unspecified atom stereocenters. The van der Waals surface area contributed by atoms with Crippen LogP contribution < -0.4 is 5.32 Å². The van der Waals surface area contributed by atoms with E-state index in [9.17, 15) is 0 Å². The van der Waals surface area contributed by atoms with Crippen LogP contribution in [0, 0.1) is 0 Å². The number of thiazole rings is 1. The highest BCUT2D eigenvalue weighted by Gasteiger charge is 2.04. The molecule has 4 heteroatoms. The van der Waals surface area contributed by atoms with Crippen LogP contribution in [0.4, 0.5) is 0 Å². The van der Waals surface area contributed by atoms with Crippen LogP contribution >= 0.6 is 22.7 Å². The topological polar surface area (TPSA) is 24.9 Å². The lowest BCUT2D eigenvalue weighted by molar-refractivity contribution is 0.798. The summed E-state index contributed by atoms with van der Waals surface area (Å²) in [5, 5.41) is 6.37. The Labute approximate surface area is 91.6 Å². The van der Waals surface area contributed by atoms with Gasteiger partial charge >= 0.3 is 0 Å². The van der Waals surface area contributed by atoms with Gasteiger partial charge in [0.15, 0.2) is 0 Å². The van der Waals surface area contributed by atoms with E-state index in [0.717, 1.165) is 18.0 Å². The van der Waals surface area contributed by atoms with E-state index < -0.39 is 0 Å². The molecule has 2 aromatic rings. The number of hydrogen-bond acceptors (Lipinski definition) is 4. The van der Waals surface area contributed by atoms with E-state index >= 15 is 0 Å². The van der Waals surface area contributed by atoms with Crippen molar-refractivity contribution in [3.8, 4) is 9.88 Å². The molecule has 0 amide bonds. The van der Waals surface area contributed by atoms with Gasteiger partial charge in [0, 0.05) is 11.1 Å². The summed E-state index contributed by atoms with van der Waals surface area (Å²) in [4.78, 5) is 7.03. The fourth-order valence-electron chi connectivity index (χ4n) is 1.19. The largest absolute Gasteiger partial charge is 0.319 e. The first-order valence-electron chi connectivity index (χ1n) is 4.53. The first-order valence-corrected chi connectivity index (χ1v) is 6.23. The maximum atomic E-state index is 4.41. The molecule has 2 rings (SSSR count). The Hall–Kier alpha value is -0.710. The van der Waals surface area contributed by atoms with Gasteiger partial charge in [0.25, 0.3) is 0 Å². The van der Waals surface area contributed by atoms with Crippen LogP contribution in [0.15, 0.2) is 23.7 Å². The second-order valence-electron chi connectivity index (χ2n) is 2.96. The fraction of sp³-hybridized carbons (Fsp3) is 0.300. The van der Waals surface area contributed by atoms with Crippen LogP contribution in [0.3, 0.4) is 0 Å². The predicted molar refractivity (Wildman–Crippen MR) is 63.1 cm³/mol. The van der Waals surface area contributed by atoms with Crippen LogP contribution in [0.25, 0.3) is 9.88 Å². The standard InChI is InChI=1S/C10H12N2S2/c1-11-5-4-8-7-12-10(14-8)9-3-2-6-13-9/h2-3,6-7,11H,4-5H2,1H3. The Balaban J connectivity index is 2.10. The Morgan fingerprint density at radius 1 is 1.50 bits per heavy atom. The Morgan fingerprint density at radius 2 is 2.43 bits per heavy atom. The minimum atomic E-state index is 1.02. The van der Waals surface area contributed by atoms with Crippen molar-refractivity contribution < 1.29 is 0 Å². The number of rotatable bonds is 4. The van der Waals surface area contributed by atoms with Gasteiger partial charge in [-0.2, -0.15) is 0 Å². The van der Waals surface area contributed by atoms with E-state index in [1.54, 1.807) is 22.7 Å². The third kappa shape index (κ3) is 2.20. The van der Waals surface area contributed by atoms with Crippen LogP contribution in [-0.2, 0) is 6.42 Å². The second-order valence-corrected chi connectivity index (χ2v) is 5.03. The molecular weight excluding hydrogens is 212 g/mol. The van der Waals surface area contributed by atoms with Gasteiger partial charge in [0.2, 0.25) is 0 Å². The maximum absolute atomic E-state index is 4.41. The van der Waals surface area contributed by atoms with Crippen LogP contribution in [0.5, 0.6) is 0 Å². The van der Waals surface area contributed by atoms with E-state index in [2.05, 4.69) is 27.8 Å². The molecule has 0 fully saturated rings. The average molecular weight is 224 g/mol. The molecule has 2 heterocycles. The maximum Gasteiger partial charge on any atom is 0.133 e. The van der Waals surface area contributed by atoms with Crippen molar-refractivity contribution in [1.82, 2.24) is 10.3 Å². The second kappa shape index (κ2) is 4.68. The van der Waals surface area contributed by atoms with E-state index in [-0.39, 0.29) is 0 Å². The molecule has 0 aliphatic rings. The summed E-state index contributed by atoms with van der Waals surface area (Å²) < 4.78 is 0. The molecule has 2 aromatic heterocycles. The number of hydrogen-bond donors (Lipinski definition) is 1. The molecule has 0 saturated carbocycles. The smallest absolute Gasteiger partial charge is 0.133 e. The number of aromatic nitrogens is 1. The van der Waals surface area contributed by atoms with Gasteiger partial charge in [-0.15, -0.1) is 22.7 Å². The molecule has 0 aliphatic heterocycles. The highest BCUT2D eigenvalue weighted by atomic mass is 32.1. The SMILES string of the molecule is CNCCc1cnc(-c2cccs2)s1. The molecule has 74 valence electrons. The first kappa shape index (κ1) is 9.83. The Morgan fingerprint density at radius 3 is 3.14 bits per heavy atom. The zero-order valence-electron chi connectivity index (χ0n) is 7.99. The van der Waals surface area contributed by atoms with Crippen molar-refractivity contribution in [1.29, 1.82) is 0 Å². The fourth-order valence-corrected chi connectivity index (χ4v) is 2.90. The van der Waals surface area contributed by atoms with Crippen molar-refractivity contribution >= 4 is 22.7 Å².